The van der Waals surface area contributed by atoms with Gasteiger partial charge in [0.15, 0.2) is 0 Å². The zero-order chi connectivity index (χ0) is 15.5. The fraction of sp³-hybridized carbons (Fsp3) is 0.143. The first-order valence-electron chi connectivity index (χ1n) is 5.87. The van der Waals surface area contributed by atoms with Gasteiger partial charge in [-0.15, -0.1) is 13.2 Å². The molecule has 21 heavy (non-hydrogen) atoms. The van der Waals surface area contributed by atoms with Gasteiger partial charge in [-0.25, -0.2) is 0 Å². The van der Waals surface area contributed by atoms with Gasteiger partial charge in [0.25, 0.3) is 0 Å². The van der Waals surface area contributed by atoms with Crippen molar-refractivity contribution in [3.8, 4) is 5.75 Å². The molecule has 0 spiro atoms. The molecular formula is C14H10Cl2F3NO. The monoisotopic (exact) mass is 335 g/mol. The average Bonchev–Trinajstić information content (AvgIpc) is 2.36. The molecule has 112 valence electrons. The van der Waals surface area contributed by atoms with Gasteiger partial charge in [-0.3, -0.25) is 0 Å². The number of halogens is 5. The maximum atomic E-state index is 12.1. The van der Waals surface area contributed by atoms with Gasteiger partial charge in [-0.2, -0.15) is 0 Å². The van der Waals surface area contributed by atoms with Crippen LogP contribution in [0.2, 0.25) is 10.0 Å². The van der Waals surface area contributed by atoms with Gasteiger partial charge in [0.05, 0.1) is 10.7 Å². The molecule has 0 unspecified atom stereocenters. The minimum Gasteiger partial charge on any atom is -0.406 e. The Balaban J connectivity index is 2.05. The van der Waals surface area contributed by atoms with Crippen LogP contribution in [0.4, 0.5) is 18.9 Å². The lowest BCUT2D eigenvalue weighted by molar-refractivity contribution is -0.274. The van der Waals surface area contributed by atoms with E-state index < -0.39 is 6.36 Å². The normalized spacial score (nSPS) is 11.3. The van der Waals surface area contributed by atoms with E-state index in [0.717, 1.165) is 0 Å². The second-order valence-corrected chi connectivity index (χ2v) is 5.02. The third kappa shape index (κ3) is 5.02. The van der Waals surface area contributed by atoms with Crippen LogP contribution in [-0.4, -0.2) is 6.36 Å². The SMILES string of the molecule is FC(F)(F)Oc1cccc(CNc2ccc(Cl)cc2Cl)c1. The van der Waals surface area contributed by atoms with E-state index in [0.29, 0.717) is 27.8 Å². The molecule has 2 rings (SSSR count). The summed E-state index contributed by atoms with van der Waals surface area (Å²) in [5.41, 5.74) is 1.27. The number of anilines is 1. The zero-order valence-electron chi connectivity index (χ0n) is 10.5. The average molecular weight is 336 g/mol. The second-order valence-electron chi connectivity index (χ2n) is 4.17. The van der Waals surface area contributed by atoms with E-state index in [2.05, 4.69) is 10.1 Å². The summed E-state index contributed by atoms with van der Waals surface area (Å²) in [5.74, 6) is -0.260. The maximum Gasteiger partial charge on any atom is 0.573 e. The van der Waals surface area contributed by atoms with E-state index >= 15 is 0 Å². The molecule has 2 aromatic rings. The van der Waals surface area contributed by atoms with E-state index in [1.807, 2.05) is 0 Å². The Morgan fingerprint density at radius 3 is 2.48 bits per heavy atom. The number of alkyl halides is 3. The summed E-state index contributed by atoms with van der Waals surface area (Å²) in [4.78, 5) is 0. The molecule has 1 N–H and O–H groups in total. The van der Waals surface area contributed by atoms with Crippen LogP contribution in [-0.2, 0) is 6.54 Å². The largest absolute Gasteiger partial charge is 0.573 e. The van der Waals surface area contributed by atoms with Gasteiger partial charge in [0.2, 0.25) is 0 Å². The molecule has 2 aromatic carbocycles. The Bertz CT molecular complexity index is 632. The van der Waals surface area contributed by atoms with Crippen LogP contribution >= 0.6 is 23.2 Å². The second kappa shape index (κ2) is 6.45. The van der Waals surface area contributed by atoms with Crippen molar-refractivity contribution in [2.75, 3.05) is 5.32 Å². The van der Waals surface area contributed by atoms with E-state index in [1.165, 1.54) is 18.2 Å². The molecule has 0 atom stereocenters. The first-order valence-corrected chi connectivity index (χ1v) is 6.63. The van der Waals surface area contributed by atoms with Crippen LogP contribution < -0.4 is 10.1 Å². The van der Waals surface area contributed by atoms with Crippen LogP contribution in [0.3, 0.4) is 0 Å². The van der Waals surface area contributed by atoms with Crippen molar-refractivity contribution >= 4 is 28.9 Å². The van der Waals surface area contributed by atoms with Crippen LogP contribution in [0, 0.1) is 0 Å². The van der Waals surface area contributed by atoms with Gasteiger partial charge >= 0.3 is 6.36 Å². The molecule has 0 heterocycles. The van der Waals surface area contributed by atoms with Crippen molar-refractivity contribution in [1.29, 1.82) is 0 Å². The van der Waals surface area contributed by atoms with Crippen molar-refractivity contribution < 1.29 is 17.9 Å². The van der Waals surface area contributed by atoms with Crippen molar-refractivity contribution in [2.45, 2.75) is 12.9 Å². The molecular weight excluding hydrogens is 326 g/mol. The summed E-state index contributed by atoms with van der Waals surface area (Å²) in [6, 6.07) is 10.7. The molecule has 7 heteroatoms. The number of nitrogens with one attached hydrogen (secondary N) is 1. The fourth-order valence-electron chi connectivity index (χ4n) is 1.68. The predicted molar refractivity (Wildman–Crippen MR) is 76.9 cm³/mol. The summed E-state index contributed by atoms with van der Waals surface area (Å²) in [6.07, 6.45) is -4.70. The molecule has 0 aromatic heterocycles. The molecule has 0 saturated carbocycles. The Morgan fingerprint density at radius 2 is 1.81 bits per heavy atom. The zero-order valence-corrected chi connectivity index (χ0v) is 12.1. The van der Waals surface area contributed by atoms with E-state index in [-0.39, 0.29) is 5.75 Å². The molecule has 2 nitrogen and oxygen atoms in total. The van der Waals surface area contributed by atoms with Crippen molar-refractivity contribution in [3.05, 3.63) is 58.1 Å². The predicted octanol–water partition coefficient (Wildman–Crippen LogP) is 5.50. The molecule has 0 radical (unpaired) electrons. The van der Waals surface area contributed by atoms with Crippen LogP contribution in [0.25, 0.3) is 0 Å². The van der Waals surface area contributed by atoms with E-state index in [4.69, 9.17) is 23.2 Å². The topological polar surface area (TPSA) is 21.3 Å². The number of rotatable bonds is 4. The smallest absolute Gasteiger partial charge is 0.406 e. The molecule has 0 fully saturated rings. The molecule has 0 saturated heterocycles. The summed E-state index contributed by atoms with van der Waals surface area (Å²) in [5, 5.41) is 3.96. The molecule has 0 amide bonds. The lowest BCUT2D eigenvalue weighted by atomic mass is 10.2. The summed E-state index contributed by atoms with van der Waals surface area (Å²) < 4.78 is 40.3. The van der Waals surface area contributed by atoms with E-state index in [1.54, 1.807) is 24.3 Å². The number of benzene rings is 2. The lowest BCUT2D eigenvalue weighted by Crippen LogP contribution is -2.17. The van der Waals surface area contributed by atoms with Gasteiger partial charge in [0.1, 0.15) is 5.75 Å². The molecule has 0 aliphatic heterocycles. The van der Waals surface area contributed by atoms with Crippen LogP contribution in [0.1, 0.15) is 5.56 Å². The van der Waals surface area contributed by atoms with Crippen molar-refractivity contribution in [2.24, 2.45) is 0 Å². The van der Waals surface area contributed by atoms with Gasteiger partial charge < -0.3 is 10.1 Å². The molecule has 0 bridgehead atoms. The Hall–Kier alpha value is -1.59. The highest BCUT2D eigenvalue weighted by atomic mass is 35.5. The minimum absolute atomic E-state index is 0.260. The molecule has 0 aliphatic carbocycles. The first kappa shape index (κ1) is 15.8. The minimum atomic E-state index is -4.70. The third-order valence-corrected chi connectivity index (χ3v) is 3.09. The first-order chi connectivity index (χ1) is 9.83. The Kier molecular flexibility index (Phi) is 4.85. The van der Waals surface area contributed by atoms with Gasteiger partial charge in [0, 0.05) is 11.6 Å². The van der Waals surface area contributed by atoms with Crippen LogP contribution in [0.5, 0.6) is 5.75 Å². The van der Waals surface area contributed by atoms with Crippen molar-refractivity contribution in [1.82, 2.24) is 0 Å². The Morgan fingerprint density at radius 1 is 1.05 bits per heavy atom. The number of ether oxygens (including phenoxy) is 1. The standard InChI is InChI=1S/C14H10Cl2F3NO/c15-10-4-5-13(12(16)7-10)20-8-9-2-1-3-11(6-9)21-14(17,18)19/h1-7,20H,8H2. The Labute approximate surface area is 129 Å². The highest BCUT2D eigenvalue weighted by Gasteiger charge is 2.31. The summed E-state index contributed by atoms with van der Waals surface area (Å²) in [7, 11) is 0. The summed E-state index contributed by atoms with van der Waals surface area (Å²) in [6.45, 7) is 0.302. The van der Waals surface area contributed by atoms with Crippen LogP contribution in [0.15, 0.2) is 42.5 Å². The van der Waals surface area contributed by atoms with Gasteiger partial charge in [-0.1, -0.05) is 35.3 Å². The highest BCUT2D eigenvalue weighted by Crippen LogP contribution is 2.27. The lowest BCUT2D eigenvalue weighted by Gasteiger charge is -2.11. The number of hydrogen-bond donors (Lipinski definition) is 1. The molecule has 0 aliphatic rings. The van der Waals surface area contributed by atoms with E-state index in [9.17, 15) is 13.2 Å². The fourth-order valence-corrected chi connectivity index (χ4v) is 2.16. The van der Waals surface area contributed by atoms with Crippen molar-refractivity contribution in [3.63, 3.8) is 0 Å². The van der Waals surface area contributed by atoms with Gasteiger partial charge in [-0.05, 0) is 35.9 Å². The third-order valence-electron chi connectivity index (χ3n) is 2.55. The quantitative estimate of drug-likeness (QED) is 0.796. The number of hydrogen-bond acceptors (Lipinski definition) is 2. The summed E-state index contributed by atoms with van der Waals surface area (Å²) >= 11 is 11.8. The maximum absolute atomic E-state index is 12.1. The highest BCUT2D eigenvalue weighted by molar-refractivity contribution is 6.36.